The molecule has 0 unspecified atom stereocenters. The standard InChI is InChI=1S/C12H16N4O3/c1-9-8-13-6-7-15(9)12(17)14-10-2-4-11(5-3-10)16(18)19/h2-5,9,13H,6-8H2,1H3,(H,14,17)/t9-/m0/s1. The molecule has 2 amide bonds. The van der Waals surface area contributed by atoms with Crippen LogP contribution >= 0.6 is 0 Å². The summed E-state index contributed by atoms with van der Waals surface area (Å²) < 4.78 is 0. The summed E-state index contributed by atoms with van der Waals surface area (Å²) in [5, 5.41) is 16.5. The van der Waals surface area contributed by atoms with Crippen LogP contribution < -0.4 is 10.6 Å². The predicted octanol–water partition coefficient (Wildman–Crippen LogP) is 1.42. The number of carbonyl (C=O) groups excluding carboxylic acids is 1. The molecule has 0 radical (unpaired) electrons. The topological polar surface area (TPSA) is 87.5 Å². The summed E-state index contributed by atoms with van der Waals surface area (Å²) in [7, 11) is 0. The Morgan fingerprint density at radius 3 is 2.74 bits per heavy atom. The van der Waals surface area contributed by atoms with Gasteiger partial charge >= 0.3 is 6.03 Å². The molecule has 1 aromatic rings. The van der Waals surface area contributed by atoms with Crippen molar-refractivity contribution in [3.05, 3.63) is 34.4 Å². The molecule has 1 atom stereocenters. The highest BCUT2D eigenvalue weighted by Gasteiger charge is 2.22. The highest BCUT2D eigenvalue weighted by molar-refractivity contribution is 5.89. The number of amides is 2. The minimum Gasteiger partial charge on any atom is -0.319 e. The Labute approximate surface area is 110 Å². The van der Waals surface area contributed by atoms with Gasteiger partial charge in [-0.3, -0.25) is 10.1 Å². The molecule has 2 rings (SSSR count). The first-order valence-electron chi connectivity index (χ1n) is 6.10. The second kappa shape index (κ2) is 5.66. The number of benzene rings is 1. The normalized spacial score (nSPS) is 19.0. The maximum atomic E-state index is 12.0. The molecule has 1 saturated heterocycles. The summed E-state index contributed by atoms with van der Waals surface area (Å²) in [5.41, 5.74) is 0.565. The van der Waals surface area contributed by atoms with Gasteiger partial charge in [0.05, 0.1) is 4.92 Å². The van der Waals surface area contributed by atoms with Crippen molar-refractivity contribution in [3.63, 3.8) is 0 Å². The summed E-state index contributed by atoms with van der Waals surface area (Å²) >= 11 is 0. The lowest BCUT2D eigenvalue weighted by Gasteiger charge is -2.33. The summed E-state index contributed by atoms with van der Waals surface area (Å²) in [6.45, 7) is 4.17. The largest absolute Gasteiger partial charge is 0.322 e. The summed E-state index contributed by atoms with van der Waals surface area (Å²) in [6, 6.07) is 5.76. The quantitative estimate of drug-likeness (QED) is 0.624. The number of nitro groups is 1. The molecule has 1 aromatic carbocycles. The van der Waals surface area contributed by atoms with Gasteiger partial charge in [-0.25, -0.2) is 4.79 Å². The zero-order chi connectivity index (χ0) is 13.8. The lowest BCUT2D eigenvalue weighted by molar-refractivity contribution is -0.384. The number of hydrogen-bond acceptors (Lipinski definition) is 4. The molecule has 1 aliphatic rings. The van der Waals surface area contributed by atoms with E-state index in [-0.39, 0.29) is 17.8 Å². The smallest absolute Gasteiger partial charge is 0.319 e. The Balaban J connectivity index is 2.00. The molecule has 1 aliphatic heterocycles. The Bertz CT molecular complexity index is 474. The third kappa shape index (κ3) is 3.19. The number of non-ortho nitro benzene ring substituents is 1. The number of nitrogens with one attached hydrogen (secondary N) is 2. The van der Waals surface area contributed by atoms with Gasteiger partial charge in [0.1, 0.15) is 0 Å². The molecule has 102 valence electrons. The molecule has 7 heteroatoms. The van der Waals surface area contributed by atoms with Gasteiger partial charge in [0.15, 0.2) is 0 Å². The Hall–Kier alpha value is -2.15. The van der Waals surface area contributed by atoms with Crippen LogP contribution in [0.15, 0.2) is 24.3 Å². The van der Waals surface area contributed by atoms with Crippen LogP contribution in [0.5, 0.6) is 0 Å². The van der Waals surface area contributed by atoms with Crippen LogP contribution in [0.25, 0.3) is 0 Å². The van der Waals surface area contributed by atoms with E-state index in [1.165, 1.54) is 24.3 Å². The van der Waals surface area contributed by atoms with Gasteiger partial charge in [-0.15, -0.1) is 0 Å². The third-order valence-corrected chi connectivity index (χ3v) is 3.09. The second-order valence-corrected chi connectivity index (χ2v) is 4.48. The maximum absolute atomic E-state index is 12.0. The zero-order valence-electron chi connectivity index (χ0n) is 10.6. The van der Waals surface area contributed by atoms with E-state index in [1.807, 2.05) is 6.92 Å². The van der Waals surface area contributed by atoms with Gasteiger partial charge in [0, 0.05) is 43.5 Å². The summed E-state index contributed by atoms with van der Waals surface area (Å²) in [6.07, 6.45) is 0. The van der Waals surface area contributed by atoms with Crippen LogP contribution in [-0.2, 0) is 0 Å². The first-order chi connectivity index (χ1) is 9.08. The number of hydrogen-bond donors (Lipinski definition) is 2. The molecule has 1 heterocycles. The van der Waals surface area contributed by atoms with Crippen molar-refractivity contribution in [1.29, 1.82) is 0 Å². The van der Waals surface area contributed by atoms with Gasteiger partial charge in [-0.1, -0.05) is 0 Å². The van der Waals surface area contributed by atoms with Crippen LogP contribution in [0.4, 0.5) is 16.2 Å². The number of nitrogens with zero attached hydrogens (tertiary/aromatic N) is 2. The molecule has 7 nitrogen and oxygen atoms in total. The highest BCUT2D eigenvalue weighted by Crippen LogP contribution is 2.16. The van der Waals surface area contributed by atoms with Gasteiger partial charge < -0.3 is 15.5 Å². The molecule has 0 aliphatic carbocycles. The van der Waals surface area contributed by atoms with E-state index in [4.69, 9.17) is 0 Å². The zero-order valence-corrected chi connectivity index (χ0v) is 10.6. The van der Waals surface area contributed by atoms with Gasteiger partial charge in [0.2, 0.25) is 0 Å². The van der Waals surface area contributed by atoms with Crippen LogP contribution in [0.1, 0.15) is 6.92 Å². The fourth-order valence-corrected chi connectivity index (χ4v) is 2.00. The van der Waals surface area contributed by atoms with Crippen molar-refractivity contribution in [2.24, 2.45) is 0 Å². The Kier molecular flexibility index (Phi) is 3.96. The van der Waals surface area contributed by atoms with E-state index >= 15 is 0 Å². The fourth-order valence-electron chi connectivity index (χ4n) is 2.00. The molecular weight excluding hydrogens is 248 g/mol. The summed E-state index contributed by atoms with van der Waals surface area (Å²) in [5.74, 6) is 0. The molecular formula is C12H16N4O3. The predicted molar refractivity (Wildman–Crippen MR) is 71.2 cm³/mol. The summed E-state index contributed by atoms with van der Waals surface area (Å²) in [4.78, 5) is 23.9. The van der Waals surface area contributed by atoms with E-state index in [9.17, 15) is 14.9 Å². The van der Waals surface area contributed by atoms with Gasteiger partial charge in [-0.2, -0.15) is 0 Å². The molecule has 1 fully saturated rings. The minimum absolute atomic E-state index is 0.00791. The maximum Gasteiger partial charge on any atom is 0.322 e. The van der Waals surface area contributed by atoms with Crippen molar-refractivity contribution < 1.29 is 9.72 Å². The fraction of sp³-hybridized carbons (Fsp3) is 0.417. The Morgan fingerprint density at radius 1 is 1.47 bits per heavy atom. The van der Waals surface area contributed by atoms with E-state index in [2.05, 4.69) is 10.6 Å². The van der Waals surface area contributed by atoms with E-state index in [1.54, 1.807) is 4.90 Å². The molecule has 2 N–H and O–H groups in total. The highest BCUT2D eigenvalue weighted by atomic mass is 16.6. The van der Waals surface area contributed by atoms with E-state index < -0.39 is 4.92 Å². The van der Waals surface area contributed by atoms with Crippen molar-refractivity contribution >= 4 is 17.4 Å². The van der Waals surface area contributed by atoms with E-state index in [0.717, 1.165) is 13.1 Å². The van der Waals surface area contributed by atoms with E-state index in [0.29, 0.717) is 12.2 Å². The first-order valence-corrected chi connectivity index (χ1v) is 6.10. The molecule has 0 saturated carbocycles. The van der Waals surface area contributed by atoms with Crippen LogP contribution in [-0.4, -0.2) is 41.5 Å². The second-order valence-electron chi connectivity index (χ2n) is 4.48. The SMILES string of the molecule is C[C@H]1CNCCN1C(=O)Nc1ccc([N+](=O)[O-])cc1. The van der Waals surface area contributed by atoms with Crippen LogP contribution in [0.2, 0.25) is 0 Å². The third-order valence-electron chi connectivity index (χ3n) is 3.09. The average molecular weight is 264 g/mol. The number of carbonyl (C=O) groups is 1. The molecule has 0 aromatic heterocycles. The number of piperazine rings is 1. The Morgan fingerprint density at radius 2 is 2.16 bits per heavy atom. The minimum atomic E-state index is -0.468. The monoisotopic (exact) mass is 264 g/mol. The molecule has 0 spiro atoms. The number of rotatable bonds is 2. The van der Waals surface area contributed by atoms with Crippen molar-refractivity contribution in [2.45, 2.75) is 13.0 Å². The lowest BCUT2D eigenvalue weighted by atomic mass is 10.2. The van der Waals surface area contributed by atoms with Gasteiger partial charge in [-0.05, 0) is 19.1 Å². The average Bonchev–Trinajstić information content (AvgIpc) is 2.39. The van der Waals surface area contributed by atoms with Crippen molar-refractivity contribution in [1.82, 2.24) is 10.2 Å². The van der Waals surface area contributed by atoms with Crippen LogP contribution in [0.3, 0.4) is 0 Å². The number of anilines is 1. The van der Waals surface area contributed by atoms with Crippen molar-refractivity contribution in [3.8, 4) is 0 Å². The molecule has 0 bridgehead atoms. The molecule has 19 heavy (non-hydrogen) atoms. The van der Waals surface area contributed by atoms with Gasteiger partial charge in [0.25, 0.3) is 5.69 Å². The number of urea groups is 1. The number of nitro benzene ring substituents is 1. The first kappa shape index (κ1) is 13.3. The lowest BCUT2D eigenvalue weighted by Crippen LogP contribution is -2.53. The van der Waals surface area contributed by atoms with Crippen LogP contribution in [0, 0.1) is 10.1 Å². The van der Waals surface area contributed by atoms with Crippen molar-refractivity contribution in [2.75, 3.05) is 25.0 Å².